The molecule has 4 heteroatoms. The van der Waals surface area contributed by atoms with Crippen LogP contribution in [0.1, 0.15) is 22.3 Å². The maximum absolute atomic E-state index is 12.8. The fraction of sp³-hybridized carbons (Fsp3) is 0.0667. The third kappa shape index (κ3) is 3.14. The van der Waals surface area contributed by atoms with Gasteiger partial charge in [0.2, 0.25) is 0 Å². The summed E-state index contributed by atoms with van der Waals surface area (Å²) in [5.41, 5.74) is -0.0461. The van der Waals surface area contributed by atoms with Gasteiger partial charge in [0.1, 0.15) is 0 Å². The smallest absolute Gasteiger partial charge is 0.192 e. The lowest BCUT2D eigenvalue weighted by Crippen LogP contribution is -2.08. The van der Waals surface area contributed by atoms with Gasteiger partial charge in [-0.15, -0.1) is 0 Å². The standard InChI is InChI=1S/C15H9F3N/c16-15(17,18)14-9-12(6-7-13(14)10-19)8-11-4-2-1-3-5-11/h1-9H. The van der Waals surface area contributed by atoms with Crippen molar-refractivity contribution in [3.8, 4) is 6.07 Å². The summed E-state index contributed by atoms with van der Waals surface area (Å²) in [6.07, 6.45) is -2.89. The van der Waals surface area contributed by atoms with Crippen molar-refractivity contribution in [3.63, 3.8) is 0 Å². The minimum Gasteiger partial charge on any atom is -0.192 e. The van der Waals surface area contributed by atoms with E-state index in [0.717, 1.165) is 11.6 Å². The fourth-order valence-electron chi connectivity index (χ4n) is 1.73. The molecule has 1 nitrogen and oxygen atoms in total. The second-order valence-corrected chi connectivity index (χ2v) is 3.97. The van der Waals surface area contributed by atoms with Crippen LogP contribution in [-0.4, -0.2) is 0 Å². The van der Waals surface area contributed by atoms with E-state index in [0.29, 0.717) is 5.56 Å². The van der Waals surface area contributed by atoms with E-state index in [1.807, 2.05) is 6.07 Å². The third-order valence-corrected chi connectivity index (χ3v) is 2.60. The molecule has 0 aliphatic rings. The minimum absolute atomic E-state index is 0.363. The predicted octanol–water partition coefficient (Wildman–Crippen LogP) is 4.18. The molecule has 0 aliphatic heterocycles. The van der Waals surface area contributed by atoms with Gasteiger partial charge in [-0.05, 0) is 23.3 Å². The Labute approximate surface area is 108 Å². The van der Waals surface area contributed by atoms with E-state index in [-0.39, 0.29) is 5.56 Å². The van der Waals surface area contributed by atoms with Gasteiger partial charge in [0, 0.05) is 6.42 Å². The Balaban J connectivity index is 2.37. The molecule has 2 aromatic rings. The number of nitriles is 1. The second-order valence-electron chi connectivity index (χ2n) is 3.97. The summed E-state index contributed by atoms with van der Waals surface area (Å²) in [6, 6.07) is 14.3. The summed E-state index contributed by atoms with van der Waals surface area (Å²) in [7, 11) is 0. The zero-order valence-corrected chi connectivity index (χ0v) is 9.78. The lowest BCUT2D eigenvalue weighted by Gasteiger charge is -2.10. The first-order valence-electron chi connectivity index (χ1n) is 5.52. The van der Waals surface area contributed by atoms with Crippen LogP contribution in [0.5, 0.6) is 0 Å². The van der Waals surface area contributed by atoms with Gasteiger partial charge in [-0.3, -0.25) is 0 Å². The van der Waals surface area contributed by atoms with Crippen LogP contribution < -0.4 is 0 Å². The first kappa shape index (κ1) is 13.2. The highest BCUT2D eigenvalue weighted by Gasteiger charge is 2.33. The highest BCUT2D eigenvalue weighted by molar-refractivity contribution is 5.46. The number of alkyl halides is 3. The van der Waals surface area contributed by atoms with E-state index in [2.05, 4.69) is 0 Å². The molecule has 0 fully saturated rings. The zero-order chi connectivity index (χ0) is 13.9. The third-order valence-electron chi connectivity index (χ3n) is 2.60. The maximum Gasteiger partial charge on any atom is 0.417 e. The molecule has 0 N–H and O–H groups in total. The van der Waals surface area contributed by atoms with Gasteiger partial charge in [-0.2, -0.15) is 18.4 Å². The van der Waals surface area contributed by atoms with Gasteiger partial charge in [0.25, 0.3) is 0 Å². The Bertz CT molecular complexity index is 610. The SMILES string of the molecule is N#Cc1ccc([CH]c2ccccc2)cc1C(F)(F)F. The molecule has 0 saturated heterocycles. The van der Waals surface area contributed by atoms with Crippen molar-refractivity contribution in [1.82, 2.24) is 0 Å². The summed E-state index contributed by atoms with van der Waals surface area (Å²) in [6.45, 7) is 0. The molecule has 2 rings (SSSR count). The maximum atomic E-state index is 12.8. The molecular formula is C15H9F3N. The summed E-state index contributed by atoms with van der Waals surface area (Å²) in [5, 5.41) is 8.70. The quantitative estimate of drug-likeness (QED) is 0.794. The average molecular weight is 260 g/mol. The molecule has 19 heavy (non-hydrogen) atoms. The van der Waals surface area contributed by atoms with Crippen molar-refractivity contribution in [2.75, 3.05) is 0 Å². The van der Waals surface area contributed by atoms with Gasteiger partial charge >= 0.3 is 6.18 Å². The van der Waals surface area contributed by atoms with Crippen LogP contribution >= 0.6 is 0 Å². The van der Waals surface area contributed by atoms with E-state index in [9.17, 15) is 13.2 Å². The van der Waals surface area contributed by atoms with E-state index < -0.39 is 11.7 Å². The number of benzene rings is 2. The van der Waals surface area contributed by atoms with Gasteiger partial charge in [-0.25, -0.2) is 0 Å². The topological polar surface area (TPSA) is 23.8 Å². The lowest BCUT2D eigenvalue weighted by molar-refractivity contribution is -0.137. The summed E-state index contributed by atoms with van der Waals surface area (Å²) >= 11 is 0. The van der Waals surface area contributed by atoms with Crippen LogP contribution in [0, 0.1) is 17.8 Å². The van der Waals surface area contributed by atoms with Crippen LogP contribution in [-0.2, 0) is 6.18 Å². The predicted molar refractivity (Wildman–Crippen MR) is 65.1 cm³/mol. The first-order chi connectivity index (χ1) is 9.00. The highest BCUT2D eigenvalue weighted by Crippen LogP contribution is 2.33. The van der Waals surface area contributed by atoms with Crippen molar-refractivity contribution in [3.05, 3.63) is 77.2 Å². The van der Waals surface area contributed by atoms with Crippen LogP contribution in [0.15, 0.2) is 48.5 Å². The van der Waals surface area contributed by atoms with Gasteiger partial charge in [0.05, 0.1) is 17.2 Å². The molecular weight excluding hydrogens is 251 g/mol. The first-order valence-corrected chi connectivity index (χ1v) is 5.52. The molecule has 0 bridgehead atoms. The molecule has 0 spiro atoms. The number of rotatable bonds is 2. The molecule has 95 valence electrons. The summed E-state index contributed by atoms with van der Waals surface area (Å²) in [5.74, 6) is 0. The van der Waals surface area contributed by atoms with Crippen LogP contribution in [0.4, 0.5) is 13.2 Å². The van der Waals surface area contributed by atoms with Crippen molar-refractivity contribution in [1.29, 1.82) is 5.26 Å². The molecule has 0 atom stereocenters. The highest BCUT2D eigenvalue weighted by atomic mass is 19.4. The monoisotopic (exact) mass is 260 g/mol. The molecule has 2 aromatic carbocycles. The summed E-state index contributed by atoms with van der Waals surface area (Å²) in [4.78, 5) is 0. The molecule has 0 amide bonds. The lowest BCUT2D eigenvalue weighted by atomic mass is 9.99. The molecule has 0 unspecified atom stereocenters. The van der Waals surface area contributed by atoms with Crippen molar-refractivity contribution >= 4 is 0 Å². The van der Waals surface area contributed by atoms with Crippen LogP contribution in [0.3, 0.4) is 0 Å². The Morgan fingerprint density at radius 2 is 1.63 bits per heavy atom. The van der Waals surface area contributed by atoms with E-state index in [4.69, 9.17) is 5.26 Å². The zero-order valence-electron chi connectivity index (χ0n) is 9.78. The normalized spacial score (nSPS) is 11.1. The van der Waals surface area contributed by atoms with Gasteiger partial charge in [-0.1, -0.05) is 36.4 Å². The van der Waals surface area contributed by atoms with Gasteiger partial charge < -0.3 is 0 Å². The number of nitrogens with zero attached hydrogens (tertiary/aromatic N) is 1. The van der Waals surface area contributed by atoms with Crippen LogP contribution in [0.2, 0.25) is 0 Å². The van der Waals surface area contributed by atoms with Crippen molar-refractivity contribution in [2.24, 2.45) is 0 Å². The number of halogens is 3. The largest absolute Gasteiger partial charge is 0.417 e. The van der Waals surface area contributed by atoms with E-state index >= 15 is 0 Å². The van der Waals surface area contributed by atoms with E-state index in [1.54, 1.807) is 36.8 Å². The second kappa shape index (κ2) is 5.15. The summed E-state index contributed by atoms with van der Waals surface area (Å²) < 4.78 is 38.4. The molecule has 0 heterocycles. The number of hydrogen-bond donors (Lipinski definition) is 0. The average Bonchev–Trinajstić information content (AvgIpc) is 2.39. The van der Waals surface area contributed by atoms with Gasteiger partial charge in [0.15, 0.2) is 0 Å². The molecule has 0 saturated carbocycles. The number of hydrogen-bond acceptors (Lipinski definition) is 1. The minimum atomic E-state index is -4.52. The molecule has 0 aromatic heterocycles. The molecule has 1 radical (unpaired) electrons. The Morgan fingerprint density at radius 1 is 0.947 bits per heavy atom. The Morgan fingerprint density at radius 3 is 2.21 bits per heavy atom. The van der Waals surface area contributed by atoms with Crippen LogP contribution in [0.25, 0.3) is 0 Å². The Kier molecular flexibility index (Phi) is 3.57. The Hall–Kier alpha value is -2.28. The van der Waals surface area contributed by atoms with Crippen molar-refractivity contribution < 1.29 is 13.2 Å². The van der Waals surface area contributed by atoms with E-state index in [1.165, 1.54) is 12.1 Å². The van der Waals surface area contributed by atoms with Crippen molar-refractivity contribution in [2.45, 2.75) is 6.18 Å². The molecule has 0 aliphatic carbocycles. The fourth-order valence-corrected chi connectivity index (χ4v) is 1.73.